The molecule has 138 valence electrons. The molecule has 0 amide bonds. The van der Waals surface area contributed by atoms with Gasteiger partial charge in [-0.15, -0.1) is 0 Å². The third-order valence-corrected chi connectivity index (χ3v) is 6.08. The van der Waals surface area contributed by atoms with Crippen LogP contribution < -0.4 is 0 Å². The third-order valence-electron chi connectivity index (χ3n) is 5.58. The number of halogens is 2. The molecule has 27 heavy (non-hydrogen) atoms. The predicted molar refractivity (Wildman–Crippen MR) is 110 cm³/mol. The Morgan fingerprint density at radius 1 is 0.889 bits per heavy atom. The second-order valence-corrected chi connectivity index (χ2v) is 8.11. The summed E-state index contributed by atoms with van der Waals surface area (Å²) < 4.78 is 5.73. The first kappa shape index (κ1) is 18.3. The Morgan fingerprint density at radius 2 is 1.48 bits per heavy atom. The van der Waals surface area contributed by atoms with Crippen LogP contribution in [0.3, 0.4) is 0 Å². The number of allylic oxidation sites excluding steroid dienone is 2. The first-order chi connectivity index (χ1) is 13.1. The van der Waals surface area contributed by atoms with E-state index in [1.54, 1.807) is 0 Å². The summed E-state index contributed by atoms with van der Waals surface area (Å²) in [5.74, 6) is 0.481. The van der Waals surface area contributed by atoms with Crippen molar-refractivity contribution < 1.29 is 9.53 Å². The molecule has 2 aromatic rings. The Bertz CT molecular complexity index is 889. The lowest BCUT2D eigenvalue weighted by molar-refractivity contribution is -0.153. The van der Waals surface area contributed by atoms with Crippen LogP contribution >= 0.6 is 23.2 Å². The Balaban J connectivity index is 1.69. The Hall–Kier alpha value is -2.03. The average molecular weight is 399 g/mol. The van der Waals surface area contributed by atoms with Crippen molar-refractivity contribution >= 4 is 35.2 Å². The van der Waals surface area contributed by atoms with E-state index >= 15 is 0 Å². The number of benzene rings is 2. The number of hydrogen-bond donors (Lipinski definition) is 0. The van der Waals surface area contributed by atoms with Gasteiger partial charge in [-0.2, -0.15) is 0 Å². The van der Waals surface area contributed by atoms with E-state index in [0.29, 0.717) is 15.8 Å². The maximum atomic E-state index is 13.0. The quantitative estimate of drug-likeness (QED) is 0.531. The molecule has 0 saturated heterocycles. The minimum Gasteiger partial charge on any atom is -0.426 e. The maximum Gasteiger partial charge on any atom is 0.318 e. The van der Waals surface area contributed by atoms with Gasteiger partial charge in [0.15, 0.2) is 0 Å². The molecule has 2 nitrogen and oxygen atoms in total. The molecule has 4 rings (SSSR count). The van der Waals surface area contributed by atoms with Gasteiger partial charge in [-0.3, -0.25) is 4.79 Å². The molecule has 4 heteroatoms. The number of rotatable bonds is 3. The molecule has 1 aliphatic heterocycles. The summed E-state index contributed by atoms with van der Waals surface area (Å²) in [6, 6.07) is 15.3. The van der Waals surface area contributed by atoms with E-state index in [1.807, 2.05) is 60.7 Å². The van der Waals surface area contributed by atoms with Crippen LogP contribution in [0.4, 0.5) is 0 Å². The highest BCUT2D eigenvalue weighted by Gasteiger charge is 2.51. The van der Waals surface area contributed by atoms with Crippen LogP contribution in [0.5, 0.6) is 0 Å². The summed E-state index contributed by atoms with van der Waals surface area (Å²) in [6.45, 7) is 0. The topological polar surface area (TPSA) is 26.3 Å². The fourth-order valence-corrected chi connectivity index (χ4v) is 4.39. The summed E-state index contributed by atoms with van der Waals surface area (Å²) in [6.07, 6.45) is 9.72. The van der Waals surface area contributed by atoms with Gasteiger partial charge in [0.05, 0.1) is 5.41 Å². The van der Waals surface area contributed by atoms with Crippen molar-refractivity contribution in [3.63, 3.8) is 0 Å². The lowest BCUT2D eigenvalue weighted by atomic mass is 9.69. The van der Waals surface area contributed by atoms with E-state index in [9.17, 15) is 4.79 Å². The molecule has 1 unspecified atom stereocenters. The normalized spacial score (nSPS) is 21.5. The van der Waals surface area contributed by atoms with Gasteiger partial charge in [-0.05, 0) is 60.4 Å². The number of carbonyl (C=O) groups is 1. The van der Waals surface area contributed by atoms with E-state index in [2.05, 4.69) is 6.08 Å². The van der Waals surface area contributed by atoms with Gasteiger partial charge in [-0.1, -0.05) is 66.4 Å². The largest absolute Gasteiger partial charge is 0.426 e. The summed E-state index contributed by atoms with van der Waals surface area (Å²) >= 11 is 12.0. The van der Waals surface area contributed by atoms with Crippen molar-refractivity contribution in [1.82, 2.24) is 0 Å². The van der Waals surface area contributed by atoms with Crippen LogP contribution in [-0.4, -0.2) is 5.97 Å². The van der Waals surface area contributed by atoms with Gasteiger partial charge in [0, 0.05) is 16.0 Å². The zero-order chi connectivity index (χ0) is 18.9. The minimum absolute atomic E-state index is 0.00313. The van der Waals surface area contributed by atoms with E-state index in [4.69, 9.17) is 27.9 Å². The van der Waals surface area contributed by atoms with Gasteiger partial charge in [0.25, 0.3) is 0 Å². The van der Waals surface area contributed by atoms with E-state index in [-0.39, 0.29) is 11.9 Å². The highest BCUT2D eigenvalue weighted by Crippen LogP contribution is 2.53. The highest BCUT2D eigenvalue weighted by atomic mass is 35.5. The molecule has 0 bridgehead atoms. The second-order valence-electron chi connectivity index (χ2n) is 7.24. The number of hydrogen-bond acceptors (Lipinski definition) is 2. The molecule has 1 fully saturated rings. The van der Waals surface area contributed by atoms with Gasteiger partial charge in [-0.25, -0.2) is 0 Å². The predicted octanol–water partition coefficient (Wildman–Crippen LogP) is 6.79. The van der Waals surface area contributed by atoms with Crippen molar-refractivity contribution in [2.24, 2.45) is 5.41 Å². The Morgan fingerprint density at radius 3 is 2.11 bits per heavy atom. The maximum absolute atomic E-state index is 13.0. The molecule has 2 aliphatic rings. The first-order valence-corrected chi connectivity index (χ1v) is 9.96. The molecule has 1 heterocycles. The minimum atomic E-state index is -0.453. The molecule has 0 radical (unpaired) electrons. The van der Waals surface area contributed by atoms with Crippen LogP contribution in [-0.2, 0) is 9.53 Å². The van der Waals surface area contributed by atoms with Crippen molar-refractivity contribution in [2.75, 3.05) is 0 Å². The number of carbonyl (C=O) groups excluding carboxylic acids is 1. The molecule has 2 aromatic carbocycles. The van der Waals surface area contributed by atoms with Crippen molar-refractivity contribution in [3.8, 4) is 0 Å². The lowest BCUT2D eigenvalue weighted by Gasteiger charge is -2.37. The summed E-state index contributed by atoms with van der Waals surface area (Å²) in [5, 5.41) is 1.39. The summed E-state index contributed by atoms with van der Waals surface area (Å²) in [4.78, 5) is 13.0. The lowest BCUT2D eigenvalue weighted by Crippen LogP contribution is -2.38. The van der Waals surface area contributed by atoms with E-state index < -0.39 is 5.41 Å². The smallest absolute Gasteiger partial charge is 0.318 e. The van der Waals surface area contributed by atoms with E-state index in [0.717, 1.165) is 36.8 Å². The third kappa shape index (κ3) is 3.69. The SMILES string of the molecule is O=C1OC(C=Cc2ccc(Cl)cc2)=CC(c2ccc(Cl)cc2)C12CCCC2. The van der Waals surface area contributed by atoms with E-state index in [1.165, 1.54) is 0 Å². The fourth-order valence-electron chi connectivity index (χ4n) is 4.14. The Kier molecular flexibility index (Phi) is 5.12. The molecule has 1 atom stereocenters. The van der Waals surface area contributed by atoms with Crippen molar-refractivity contribution in [2.45, 2.75) is 31.6 Å². The monoisotopic (exact) mass is 398 g/mol. The van der Waals surface area contributed by atoms with Crippen molar-refractivity contribution in [3.05, 3.63) is 87.6 Å². The van der Waals surface area contributed by atoms with Crippen LogP contribution in [0.15, 0.2) is 66.4 Å². The molecule has 1 saturated carbocycles. The number of esters is 1. The first-order valence-electron chi connectivity index (χ1n) is 9.20. The molecule has 0 N–H and O–H groups in total. The summed E-state index contributed by atoms with van der Waals surface area (Å²) in [7, 11) is 0. The fraction of sp³-hybridized carbons (Fsp3) is 0.261. The van der Waals surface area contributed by atoms with Crippen LogP contribution in [0.1, 0.15) is 42.7 Å². The van der Waals surface area contributed by atoms with Gasteiger partial charge in [0.2, 0.25) is 0 Å². The zero-order valence-corrected chi connectivity index (χ0v) is 16.3. The molecule has 0 aromatic heterocycles. The second kappa shape index (κ2) is 7.53. The molecular weight excluding hydrogens is 379 g/mol. The van der Waals surface area contributed by atoms with Crippen LogP contribution in [0, 0.1) is 5.41 Å². The Labute approximate surface area is 169 Å². The standard InChI is InChI=1S/C23H20Cl2O2/c24-18-8-3-16(4-9-18)5-12-20-15-21(17-6-10-19(25)11-7-17)23(22(26)27-20)13-1-2-14-23/h3-12,15,21H,1-2,13-14H2. The number of cyclic esters (lactones) is 1. The van der Waals surface area contributed by atoms with Gasteiger partial charge < -0.3 is 4.74 Å². The van der Waals surface area contributed by atoms with Crippen LogP contribution in [0.25, 0.3) is 6.08 Å². The average Bonchev–Trinajstić information content (AvgIpc) is 3.15. The molecule has 1 spiro atoms. The molecular formula is C23H20Cl2O2. The van der Waals surface area contributed by atoms with Crippen LogP contribution in [0.2, 0.25) is 10.0 Å². The molecule has 1 aliphatic carbocycles. The highest BCUT2D eigenvalue weighted by molar-refractivity contribution is 6.30. The number of ether oxygens (including phenoxy) is 1. The van der Waals surface area contributed by atoms with Crippen molar-refractivity contribution in [1.29, 1.82) is 0 Å². The van der Waals surface area contributed by atoms with Gasteiger partial charge in [0.1, 0.15) is 5.76 Å². The summed E-state index contributed by atoms with van der Waals surface area (Å²) in [5.41, 5.74) is 1.65. The van der Waals surface area contributed by atoms with Gasteiger partial charge >= 0.3 is 5.97 Å². The zero-order valence-electron chi connectivity index (χ0n) is 14.8.